The van der Waals surface area contributed by atoms with Gasteiger partial charge in [0.15, 0.2) is 0 Å². The van der Waals surface area contributed by atoms with Crippen LogP contribution in [0.5, 0.6) is 0 Å². The molecule has 2 N–H and O–H groups in total. The fraction of sp³-hybridized carbons (Fsp3) is 0.630. The Morgan fingerprint density at radius 2 is 1.89 bits per heavy atom. The number of aromatic amines is 1. The highest BCUT2D eigenvalue weighted by atomic mass is 16.2. The van der Waals surface area contributed by atoms with E-state index in [0.29, 0.717) is 37.8 Å². The first-order chi connectivity index (χ1) is 16.7. The molecule has 4 amide bonds. The van der Waals surface area contributed by atoms with Crippen molar-refractivity contribution >= 4 is 28.9 Å². The molecule has 0 bridgehead atoms. The number of nitrogens with one attached hydrogen (secondary N) is 2. The predicted octanol–water partition coefficient (Wildman–Crippen LogP) is 4.19. The fourth-order valence-corrected chi connectivity index (χ4v) is 6.33. The van der Waals surface area contributed by atoms with Crippen molar-refractivity contribution in [3.05, 3.63) is 30.1 Å². The van der Waals surface area contributed by atoms with E-state index in [2.05, 4.69) is 42.1 Å². The predicted molar refractivity (Wildman–Crippen MR) is 134 cm³/mol. The molecule has 3 aliphatic rings. The Hall–Kier alpha value is -2.90. The summed E-state index contributed by atoms with van der Waals surface area (Å²) in [6.07, 6.45) is 9.77. The van der Waals surface area contributed by atoms with Crippen LogP contribution in [0.4, 0.5) is 4.79 Å². The molecule has 2 aromatic heterocycles. The average molecular weight is 480 g/mol. The smallest absolute Gasteiger partial charge is 0.325 e. The zero-order valence-corrected chi connectivity index (χ0v) is 21.1. The van der Waals surface area contributed by atoms with Crippen LogP contribution < -0.4 is 5.32 Å². The van der Waals surface area contributed by atoms with Gasteiger partial charge >= 0.3 is 6.03 Å². The summed E-state index contributed by atoms with van der Waals surface area (Å²) in [5.74, 6) is 0.544. The summed E-state index contributed by atoms with van der Waals surface area (Å²) >= 11 is 0. The number of nitrogens with zero attached hydrogens (tertiary/aromatic N) is 3. The third-order valence-corrected chi connectivity index (χ3v) is 9.17. The maximum absolute atomic E-state index is 13.3. The van der Waals surface area contributed by atoms with Crippen molar-refractivity contribution in [1.82, 2.24) is 25.1 Å². The molecular weight excluding hydrogens is 442 g/mol. The molecule has 2 aromatic rings. The number of hydrogen-bond acceptors (Lipinski definition) is 4. The van der Waals surface area contributed by atoms with Gasteiger partial charge in [-0.05, 0) is 73.5 Å². The number of amides is 4. The molecule has 4 heterocycles. The van der Waals surface area contributed by atoms with Crippen LogP contribution >= 0.6 is 0 Å². The van der Waals surface area contributed by atoms with Crippen molar-refractivity contribution in [1.29, 1.82) is 0 Å². The third-order valence-electron chi connectivity index (χ3n) is 9.17. The van der Waals surface area contributed by atoms with E-state index in [4.69, 9.17) is 0 Å². The molecule has 2 saturated heterocycles. The van der Waals surface area contributed by atoms with Gasteiger partial charge in [-0.15, -0.1) is 0 Å². The summed E-state index contributed by atoms with van der Waals surface area (Å²) in [7, 11) is 0. The van der Waals surface area contributed by atoms with E-state index in [1.54, 1.807) is 11.1 Å². The van der Waals surface area contributed by atoms with Gasteiger partial charge in [0.05, 0.1) is 0 Å². The molecule has 2 aliphatic heterocycles. The maximum Gasteiger partial charge on any atom is 0.325 e. The SMILES string of the molecule is CCC(C)(C)C1CCC2(CC1)NC(=O)N(CC(=O)N1CCC(c3c[nH]c4ncccc34)CC1)C2=O. The zero-order chi connectivity index (χ0) is 24.8. The van der Waals surface area contributed by atoms with Crippen molar-refractivity contribution in [2.75, 3.05) is 19.6 Å². The summed E-state index contributed by atoms with van der Waals surface area (Å²) in [5.41, 5.74) is 1.55. The topological polar surface area (TPSA) is 98.4 Å². The molecule has 1 spiro atoms. The lowest BCUT2D eigenvalue weighted by Gasteiger charge is -2.42. The highest BCUT2D eigenvalue weighted by molar-refractivity contribution is 6.09. The molecule has 0 aromatic carbocycles. The number of pyridine rings is 1. The van der Waals surface area contributed by atoms with E-state index in [1.165, 1.54) is 5.56 Å². The number of piperidine rings is 1. The second kappa shape index (κ2) is 8.95. The van der Waals surface area contributed by atoms with Crippen molar-refractivity contribution in [3.8, 4) is 0 Å². The molecule has 8 heteroatoms. The van der Waals surface area contributed by atoms with E-state index in [9.17, 15) is 14.4 Å². The Morgan fingerprint density at radius 1 is 1.17 bits per heavy atom. The number of imide groups is 1. The first kappa shape index (κ1) is 23.8. The monoisotopic (exact) mass is 479 g/mol. The van der Waals surface area contributed by atoms with E-state index < -0.39 is 11.6 Å². The molecule has 0 unspecified atom stereocenters. The number of urea groups is 1. The summed E-state index contributed by atoms with van der Waals surface area (Å²) in [6.45, 7) is 7.86. The quantitative estimate of drug-likeness (QED) is 0.629. The lowest BCUT2D eigenvalue weighted by atomic mass is 9.65. The average Bonchev–Trinajstić information content (AvgIpc) is 3.39. The molecule has 0 atom stereocenters. The van der Waals surface area contributed by atoms with Crippen molar-refractivity contribution in [2.24, 2.45) is 11.3 Å². The van der Waals surface area contributed by atoms with Crippen LogP contribution in [0.15, 0.2) is 24.5 Å². The molecule has 188 valence electrons. The minimum Gasteiger partial charge on any atom is -0.346 e. The number of likely N-dealkylation sites (tertiary alicyclic amines) is 1. The van der Waals surface area contributed by atoms with Crippen LogP contribution in [0.2, 0.25) is 0 Å². The Labute approximate surface area is 206 Å². The lowest BCUT2D eigenvalue weighted by molar-refractivity contribution is -0.140. The number of H-pyrrole nitrogens is 1. The van der Waals surface area contributed by atoms with Crippen molar-refractivity contribution < 1.29 is 14.4 Å². The van der Waals surface area contributed by atoms with E-state index >= 15 is 0 Å². The minimum atomic E-state index is -0.825. The van der Waals surface area contributed by atoms with E-state index in [-0.39, 0.29) is 23.8 Å². The number of rotatable bonds is 5. The second-order valence-corrected chi connectivity index (χ2v) is 11.3. The zero-order valence-electron chi connectivity index (χ0n) is 21.1. The normalized spacial score (nSPS) is 26.1. The van der Waals surface area contributed by atoms with Gasteiger partial charge in [-0.3, -0.25) is 14.5 Å². The molecular formula is C27H37N5O3. The summed E-state index contributed by atoms with van der Waals surface area (Å²) in [6, 6.07) is 3.61. The van der Waals surface area contributed by atoms with Gasteiger partial charge in [-0.25, -0.2) is 9.78 Å². The number of carbonyl (C=O) groups is 3. The highest BCUT2D eigenvalue weighted by Gasteiger charge is 2.54. The van der Waals surface area contributed by atoms with Gasteiger partial charge in [0, 0.05) is 30.9 Å². The van der Waals surface area contributed by atoms with Gasteiger partial charge in [0.1, 0.15) is 17.7 Å². The number of fused-ring (bicyclic) bond motifs is 1. The van der Waals surface area contributed by atoms with Crippen molar-refractivity contribution in [3.63, 3.8) is 0 Å². The van der Waals surface area contributed by atoms with Crippen LogP contribution in [0.1, 0.15) is 77.2 Å². The van der Waals surface area contributed by atoms with Crippen molar-refractivity contribution in [2.45, 2.75) is 77.2 Å². The summed E-state index contributed by atoms with van der Waals surface area (Å²) < 4.78 is 0. The first-order valence-electron chi connectivity index (χ1n) is 13.1. The van der Waals surface area contributed by atoms with Gasteiger partial charge in [-0.1, -0.05) is 27.2 Å². The largest absolute Gasteiger partial charge is 0.346 e. The maximum atomic E-state index is 13.3. The molecule has 35 heavy (non-hydrogen) atoms. The fourth-order valence-electron chi connectivity index (χ4n) is 6.33. The first-order valence-corrected chi connectivity index (χ1v) is 13.1. The van der Waals surface area contributed by atoms with E-state index in [0.717, 1.165) is 48.0 Å². The minimum absolute atomic E-state index is 0.148. The summed E-state index contributed by atoms with van der Waals surface area (Å²) in [4.78, 5) is 49.7. The van der Waals surface area contributed by atoms with Gasteiger partial charge in [-0.2, -0.15) is 0 Å². The standard InChI is InChI=1S/C27H37N5O3/c1-4-26(2,3)19-7-11-27(12-8-19)24(34)32(25(35)30-27)17-22(33)31-14-9-18(10-15-31)21-16-29-23-20(21)6-5-13-28-23/h5-6,13,16,18-19H,4,7-12,14-15,17H2,1-3H3,(H,28,29)(H,30,35). The Balaban J connectivity index is 1.18. The molecule has 0 radical (unpaired) electrons. The van der Waals surface area contributed by atoms with Gasteiger partial charge < -0.3 is 15.2 Å². The third kappa shape index (κ3) is 4.21. The molecule has 5 rings (SSSR count). The number of aromatic nitrogens is 2. The van der Waals surface area contributed by atoms with Crippen LogP contribution in [0, 0.1) is 11.3 Å². The lowest BCUT2D eigenvalue weighted by Crippen LogP contribution is -2.51. The molecule has 3 fully saturated rings. The van der Waals surface area contributed by atoms with Gasteiger partial charge in [0.2, 0.25) is 5.91 Å². The molecule has 1 aliphatic carbocycles. The highest BCUT2D eigenvalue weighted by Crippen LogP contribution is 2.45. The van der Waals surface area contributed by atoms with Gasteiger partial charge in [0.25, 0.3) is 5.91 Å². The molecule has 1 saturated carbocycles. The van der Waals surface area contributed by atoms with Crippen LogP contribution in [0.3, 0.4) is 0 Å². The van der Waals surface area contributed by atoms with Crippen LogP contribution in [-0.2, 0) is 9.59 Å². The van der Waals surface area contributed by atoms with Crippen LogP contribution in [0.25, 0.3) is 11.0 Å². The van der Waals surface area contributed by atoms with E-state index in [1.807, 2.05) is 12.3 Å². The number of carbonyl (C=O) groups excluding carboxylic acids is 3. The Bertz CT molecular complexity index is 1120. The molecule has 8 nitrogen and oxygen atoms in total. The Morgan fingerprint density at radius 3 is 2.57 bits per heavy atom. The summed E-state index contributed by atoms with van der Waals surface area (Å²) in [5, 5.41) is 4.11. The van der Waals surface area contributed by atoms with Crippen LogP contribution in [-0.4, -0.2) is 62.8 Å². The second-order valence-electron chi connectivity index (χ2n) is 11.3. The number of hydrogen-bond donors (Lipinski definition) is 2. The Kier molecular flexibility index (Phi) is 6.09.